The van der Waals surface area contributed by atoms with Crippen molar-refractivity contribution in [3.05, 3.63) is 117 Å². The maximum Gasteiger partial charge on any atom is 0.121 e. The quantitative estimate of drug-likeness (QED) is 0.332. The SMILES string of the molecule is CCc1cc(C2(c3cc(C)c(O)c(C)c3)c3ccccc3-c3ccccc32)cc(C)c1O. The Kier molecular flexibility index (Phi) is 4.63. The second kappa shape index (κ2) is 7.27. The molecule has 0 fully saturated rings. The molecule has 4 aromatic rings. The molecule has 0 spiro atoms. The third-order valence-corrected chi connectivity index (χ3v) is 7.07. The van der Waals surface area contributed by atoms with E-state index in [9.17, 15) is 10.2 Å². The normalized spacial score (nSPS) is 13.6. The molecule has 2 nitrogen and oxygen atoms in total. The van der Waals surface area contributed by atoms with Crippen molar-refractivity contribution in [2.75, 3.05) is 0 Å². The molecule has 0 aromatic heterocycles. The fourth-order valence-corrected chi connectivity index (χ4v) is 5.53. The van der Waals surface area contributed by atoms with E-state index in [1.54, 1.807) is 0 Å². The molecule has 5 rings (SSSR count). The molecular weight excluding hydrogens is 392 g/mol. The lowest BCUT2D eigenvalue weighted by atomic mass is 9.66. The Balaban J connectivity index is 1.99. The highest BCUT2D eigenvalue weighted by Crippen LogP contribution is 2.57. The topological polar surface area (TPSA) is 40.5 Å². The van der Waals surface area contributed by atoms with E-state index in [0.29, 0.717) is 11.5 Å². The summed E-state index contributed by atoms with van der Waals surface area (Å²) < 4.78 is 0. The molecule has 0 aliphatic heterocycles. The first-order valence-corrected chi connectivity index (χ1v) is 11.2. The van der Waals surface area contributed by atoms with Crippen LogP contribution in [0.15, 0.2) is 72.8 Å². The second-order valence-corrected chi connectivity index (χ2v) is 8.95. The van der Waals surface area contributed by atoms with Crippen molar-refractivity contribution in [1.29, 1.82) is 0 Å². The maximum absolute atomic E-state index is 10.7. The zero-order chi connectivity index (χ0) is 22.6. The lowest BCUT2D eigenvalue weighted by Crippen LogP contribution is -2.29. The molecule has 0 radical (unpaired) electrons. The zero-order valence-corrected chi connectivity index (χ0v) is 19.0. The van der Waals surface area contributed by atoms with E-state index in [1.165, 1.54) is 22.3 Å². The summed E-state index contributed by atoms with van der Waals surface area (Å²) in [6.45, 7) is 7.99. The molecule has 1 aliphatic rings. The van der Waals surface area contributed by atoms with Gasteiger partial charge in [-0.3, -0.25) is 0 Å². The first-order chi connectivity index (χ1) is 15.4. The minimum absolute atomic E-state index is 0.347. The minimum Gasteiger partial charge on any atom is -0.507 e. The average Bonchev–Trinajstić information content (AvgIpc) is 3.10. The van der Waals surface area contributed by atoms with Gasteiger partial charge in [0.25, 0.3) is 0 Å². The van der Waals surface area contributed by atoms with E-state index in [4.69, 9.17) is 0 Å². The van der Waals surface area contributed by atoms with Crippen LogP contribution in [-0.4, -0.2) is 10.2 Å². The Hall–Kier alpha value is -3.52. The molecule has 4 aromatic carbocycles. The highest BCUT2D eigenvalue weighted by Gasteiger charge is 2.46. The lowest BCUT2D eigenvalue weighted by molar-refractivity contribution is 0.464. The van der Waals surface area contributed by atoms with Gasteiger partial charge < -0.3 is 10.2 Å². The van der Waals surface area contributed by atoms with Crippen molar-refractivity contribution in [2.45, 2.75) is 39.5 Å². The summed E-state index contributed by atoms with van der Waals surface area (Å²) in [7, 11) is 0. The molecule has 0 atom stereocenters. The van der Waals surface area contributed by atoms with Crippen LogP contribution in [0, 0.1) is 20.8 Å². The Morgan fingerprint density at radius 1 is 0.625 bits per heavy atom. The molecule has 0 bridgehead atoms. The smallest absolute Gasteiger partial charge is 0.121 e. The van der Waals surface area contributed by atoms with Gasteiger partial charge in [-0.2, -0.15) is 0 Å². The Morgan fingerprint density at radius 3 is 1.56 bits per heavy atom. The van der Waals surface area contributed by atoms with Gasteiger partial charge in [0, 0.05) is 0 Å². The van der Waals surface area contributed by atoms with Gasteiger partial charge in [0.2, 0.25) is 0 Å². The number of aryl methyl sites for hydroxylation is 4. The summed E-state index contributed by atoms with van der Waals surface area (Å²) in [6, 6.07) is 25.8. The predicted octanol–water partition coefficient (Wildman–Crippen LogP) is 6.95. The summed E-state index contributed by atoms with van der Waals surface area (Å²) in [5, 5.41) is 21.2. The molecule has 0 amide bonds. The number of rotatable bonds is 3. The predicted molar refractivity (Wildman–Crippen MR) is 131 cm³/mol. The first-order valence-electron chi connectivity index (χ1n) is 11.2. The van der Waals surface area contributed by atoms with E-state index in [1.807, 2.05) is 20.8 Å². The number of hydrogen-bond donors (Lipinski definition) is 2. The van der Waals surface area contributed by atoms with Gasteiger partial charge in [-0.15, -0.1) is 0 Å². The molecule has 2 N–H and O–H groups in total. The Bertz CT molecular complexity index is 1290. The average molecular weight is 421 g/mol. The molecule has 32 heavy (non-hydrogen) atoms. The van der Waals surface area contributed by atoms with Crippen LogP contribution in [0.1, 0.15) is 51.4 Å². The van der Waals surface area contributed by atoms with Gasteiger partial charge in [-0.25, -0.2) is 0 Å². The van der Waals surface area contributed by atoms with E-state index in [2.05, 4.69) is 79.7 Å². The summed E-state index contributed by atoms with van der Waals surface area (Å²) in [6.07, 6.45) is 0.757. The maximum atomic E-state index is 10.7. The molecule has 1 aliphatic carbocycles. The second-order valence-electron chi connectivity index (χ2n) is 8.95. The van der Waals surface area contributed by atoms with E-state index < -0.39 is 5.41 Å². The highest BCUT2D eigenvalue weighted by atomic mass is 16.3. The summed E-state index contributed by atoms with van der Waals surface area (Å²) in [5.41, 5.74) is 10.3. The Morgan fingerprint density at radius 2 is 1.06 bits per heavy atom. The number of hydrogen-bond acceptors (Lipinski definition) is 2. The van der Waals surface area contributed by atoms with Crippen molar-refractivity contribution in [3.8, 4) is 22.6 Å². The summed E-state index contributed by atoms with van der Waals surface area (Å²) >= 11 is 0. The van der Waals surface area contributed by atoms with Gasteiger partial charge in [0.1, 0.15) is 11.5 Å². The minimum atomic E-state index is -0.529. The molecule has 0 heterocycles. The monoisotopic (exact) mass is 420 g/mol. The fraction of sp³-hybridized carbons (Fsp3) is 0.200. The van der Waals surface area contributed by atoms with Crippen molar-refractivity contribution < 1.29 is 10.2 Å². The molecule has 0 saturated carbocycles. The third kappa shape index (κ3) is 2.65. The number of phenols is 2. The number of aromatic hydroxyl groups is 2. The molecule has 160 valence electrons. The summed E-state index contributed by atoms with van der Waals surface area (Å²) in [5.74, 6) is 0.726. The van der Waals surface area contributed by atoms with E-state index in [0.717, 1.165) is 39.8 Å². The standard InChI is InChI=1S/C30H28O2/c1-5-21-17-23(16-20(4)29(21)32)30(22-14-18(2)28(31)19(3)15-22)26-12-8-6-10-24(26)25-11-7-9-13-27(25)30/h6-17,31-32H,5H2,1-4H3. The van der Waals surface area contributed by atoms with Gasteiger partial charge >= 0.3 is 0 Å². The van der Waals surface area contributed by atoms with E-state index >= 15 is 0 Å². The van der Waals surface area contributed by atoms with Crippen LogP contribution in [-0.2, 0) is 11.8 Å². The molecule has 2 heteroatoms. The summed E-state index contributed by atoms with van der Waals surface area (Å²) in [4.78, 5) is 0. The Labute approximate surface area is 189 Å². The van der Waals surface area contributed by atoms with Crippen molar-refractivity contribution in [3.63, 3.8) is 0 Å². The fourth-order valence-electron chi connectivity index (χ4n) is 5.53. The number of phenolic OH excluding ortho intramolecular Hbond substituents is 2. The van der Waals surface area contributed by atoms with Crippen molar-refractivity contribution >= 4 is 0 Å². The van der Waals surface area contributed by atoms with Gasteiger partial charge in [-0.1, -0.05) is 79.7 Å². The largest absolute Gasteiger partial charge is 0.507 e. The lowest BCUT2D eigenvalue weighted by Gasteiger charge is -2.35. The van der Waals surface area contributed by atoms with Gasteiger partial charge in [0.05, 0.1) is 5.41 Å². The molecule has 0 unspecified atom stereocenters. The van der Waals surface area contributed by atoms with Crippen LogP contribution >= 0.6 is 0 Å². The van der Waals surface area contributed by atoms with Crippen molar-refractivity contribution in [1.82, 2.24) is 0 Å². The number of benzene rings is 4. The highest BCUT2D eigenvalue weighted by molar-refractivity contribution is 5.86. The van der Waals surface area contributed by atoms with Gasteiger partial charge in [0.15, 0.2) is 0 Å². The molecule has 0 saturated heterocycles. The van der Waals surface area contributed by atoms with Crippen LogP contribution in [0.4, 0.5) is 0 Å². The van der Waals surface area contributed by atoms with Crippen molar-refractivity contribution in [2.24, 2.45) is 0 Å². The van der Waals surface area contributed by atoms with Crippen LogP contribution in [0.3, 0.4) is 0 Å². The van der Waals surface area contributed by atoms with E-state index in [-0.39, 0.29) is 0 Å². The third-order valence-electron chi connectivity index (χ3n) is 7.07. The van der Waals surface area contributed by atoms with Gasteiger partial charge in [-0.05, 0) is 82.8 Å². The molecular formula is C30H28O2. The van der Waals surface area contributed by atoms with Crippen LogP contribution in [0.5, 0.6) is 11.5 Å². The van der Waals surface area contributed by atoms with Crippen LogP contribution < -0.4 is 0 Å². The van der Waals surface area contributed by atoms with Crippen LogP contribution in [0.2, 0.25) is 0 Å². The number of fused-ring (bicyclic) bond motifs is 3. The first kappa shape index (κ1) is 20.4. The van der Waals surface area contributed by atoms with Crippen LogP contribution in [0.25, 0.3) is 11.1 Å². The zero-order valence-electron chi connectivity index (χ0n) is 19.0.